The van der Waals surface area contributed by atoms with Gasteiger partial charge in [-0.3, -0.25) is 14.8 Å². The number of ether oxygens (including phenoxy) is 1. The molecule has 5 heteroatoms. The van der Waals surface area contributed by atoms with E-state index in [-0.39, 0.29) is 5.91 Å². The van der Waals surface area contributed by atoms with Crippen molar-refractivity contribution in [1.29, 1.82) is 0 Å². The van der Waals surface area contributed by atoms with Crippen LogP contribution < -0.4 is 4.74 Å². The van der Waals surface area contributed by atoms with Crippen molar-refractivity contribution >= 4 is 5.91 Å². The van der Waals surface area contributed by atoms with Gasteiger partial charge in [-0.15, -0.1) is 0 Å². The predicted octanol–water partition coefficient (Wildman–Crippen LogP) is 3.29. The average Bonchev–Trinajstić information content (AvgIpc) is 2.71. The smallest absolute Gasteiger partial charge is 0.222 e. The number of amides is 1. The van der Waals surface area contributed by atoms with Crippen molar-refractivity contribution in [2.75, 3.05) is 20.2 Å². The second-order valence-corrected chi connectivity index (χ2v) is 6.93. The number of likely N-dealkylation sites (tertiary alicyclic amines) is 1. The molecule has 0 N–H and O–H groups in total. The lowest BCUT2D eigenvalue weighted by molar-refractivity contribution is -0.133. The highest BCUT2D eigenvalue weighted by Gasteiger charge is 2.23. The zero-order valence-electron chi connectivity index (χ0n) is 15.4. The minimum absolute atomic E-state index is 0.238. The molecule has 1 aromatic carbocycles. The number of hydrogen-bond acceptors (Lipinski definition) is 4. The van der Waals surface area contributed by atoms with Crippen LogP contribution in [-0.4, -0.2) is 41.0 Å². The standard InChI is InChI=1S/C21H27N3O2/c1-26-20-6-2-4-17(14-20)7-8-18-5-3-13-24(16-18)21(25)10-9-19-15-22-11-12-23-19/h2,4,6,11-12,14-15,18H,3,5,7-10,13,16H2,1H3. The van der Waals surface area contributed by atoms with Gasteiger partial charge >= 0.3 is 0 Å². The lowest BCUT2D eigenvalue weighted by Crippen LogP contribution is -2.40. The molecule has 2 heterocycles. The van der Waals surface area contributed by atoms with Gasteiger partial charge in [-0.25, -0.2) is 0 Å². The van der Waals surface area contributed by atoms with Crippen LogP contribution in [0.5, 0.6) is 5.75 Å². The van der Waals surface area contributed by atoms with Gasteiger partial charge < -0.3 is 9.64 Å². The first-order chi connectivity index (χ1) is 12.7. The maximum absolute atomic E-state index is 12.5. The number of aromatic nitrogens is 2. The topological polar surface area (TPSA) is 55.3 Å². The second-order valence-electron chi connectivity index (χ2n) is 6.93. The summed E-state index contributed by atoms with van der Waals surface area (Å²) in [5, 5.41) is 0. The number of hydrogen-bond donors (Lipinski definition) is 0. The molecule has 1 unspecified atom stereocenters. The van der Waals surface area contributed by atoms with Crippen molar-refractivity contribution in [2.45, 2.75) is 38.5 Å². The van der Waals surface area contributed by atoms with Crippen molar-refractivity contribution in [1.82, 2.24) is 14.9 Å². The summed E-state index contributed by atoms with van der Waals surface area (Å²) in [5.41, 5.74) is 2.18. The molecule has 0 aliphatic carbocycles. The summed E-state index contributed by atoms with van der Waals surface area (Å²) < 4.78 is 5.30. The van der Waals surface area contributed by atoms with E-state index in [2.05, 4.69) is 22.1 Å². The molecular weight excluding hydrogens is 326 g/mol. The summed E-state index contributed by atoms with van der Waals surface area (Å²) in [6.07, 6.45) is 10.7. The van der Waals surface area contributed by atoms with Gasteiger partial charge in [-0.05, 0) is 55.7 Å². The molecule has 0 radical (unpaired) electrons. The van der Waals surface area contributed by atoms with E-state index in [9.17, 15) is 4.79 Å². The van der Waals surface area contributed by atoms with Crippen molar-refractivity contribution < 1.29 is 9.53 Å². The Morgan fingerprint density at radius 3 is 3.04 bits per heavy atom. The van der Waals surface area contributed by atoms with Crippen molar-refractivity contribution in [3.63, 3.8) is 0 Å². The summed E-state index contributed by atoms with van der Waals surface area (Å²) in [6.45, 7) is 1.76. The van der Waals surface area contributed by atoms with E-state index in [0.29, 0.717) is 18.8 Å². The van der Waals surface area contributed by atoms with Crippen LogP contribution in [0.1, 0.15) is 36.9 Å². The fourth-order valence-electron chi connectivity index (χ4n) is 3.58. The van der Waals surface area contributed by atoms with E-state index in [0.717, 1.165) is 43.8 Å². The van der Waals surface area contributed by atoms with Gasteiger partial charge in [0.15, 0.2) is 0 Å². The first-order valence-corrected chi connectivity index (χ1v) is 9.40. The minimum atomic E-state index is 0.238. The molecule has 1 atom stereocenters. The molecule has 5 nitrogen and oxygen atoms in total. The van der Waals surface area contributed by atoms with E-state index in [1.807, 2.05) is 17.0 Å². The van der Waals surface area contributed by atoms with E-state index in [1.54, 1.807) is 25.7 Å². The third kappa shape index (κ3) is 5.28. The summed E-state index contributed by atoms with van der Waals surface area (Å²) in [6, 6.07) is 8.26. The molecule has 1 fully saturated rings. The number of aryl methyl sites for hydroxylation is 2. The SMILES string of the molecule is COc1cccc(CCC2CCCN(C(=O)CCc3cnccn3)C2)c1. The fraction of sp³-hybridized carbons (Fsp3) is 0.476. The maximum atomic E-state index is 12.5. The number of rotatable bonds is 7. The molecule has 3 rings (SSSR count). The van der Waals surface area contributed by atoms with E-state index >= 15 is 0 Å². The van der Waals surface area contributed by atoms with E-state index in [4.69, 9.17) is 4.74 Å². The lowest BCUT2D eigenvalue weighted by atomic mass is 9.91. The fourth-order valence-corrected chi connectivity index (χ4v) is 3.58. The predicted molar refractivity (Wildman–Crippen MR) is 101 cm³/mol. The third-order valence-corrected chi connectivity index (χ3v) is 5.06. The van der Waals surface area contributed by atoms with Crippen LogP contribution in [0, 0.1) is 5.92 Å². The lowest BCUT2D eigenvalue weighted by Gasteiger charge is -2.33. The number of carbonyl (C=O) groups excluding carboxylic acids is 1. The van der Waals surface area contributed by atoms with Crippen LogP contribution >= 0.6 is 0 Å². The average molecular weight is 353 g/mol. The normalized spacial score (nSPS) is 17.1. The molecule has 1 aliphatic rings. The first kappa shape index (κ1) is 18.4. The summed E-state index contributed by atoms with van der Waals surface area (Å²) in [4.78, 5) is 22.9. The molecular formula is C21H27N3O2. The zero-order valence-corrected chi connectivity index (χ0v) is 15.4. The molecule has 1 aromatic heterocycles. The molecule has 1 amide bonds. The molecule has 0 saturated carbocycles. The second kappa shape index (κ2) is 9.32. The summed E-state index contributed by atoms with van der Waals surface area (Å²) in [5.74, 6) is 1.73. The van der Waals surface area contributed by atoms with Crippen LogP contribution in [0.4, 0.5) is 0 Å². The Balaban J connectivity index is 1.46. The van der Waals surface area contributed by atoms with Crippen LogP contribution in [0.3, 0.4) is 0 Å². The van der Waals surface area contributed by atoms with E-state index in [1.165, 1.54) is 12.0 Å². The molecule has 0 spiro atoms. The van der Waals surface area contributed by atoms with Gasteiger partial charge in [0.25, 0.3) is 0 Å². The van der Waals surface area contributed by atoms with Crippen LogP contribution in [-0.2, 0) is 17.6 Å². The van der Waals surface area contributed by atoms with Gasteiger partial charge in [0.2, 0.25) is 5.91 Å². The molecule has 138 valence electrons. The zero-order chi connectivity index (χ0) is 18.2. The highest BCUT2D eigenvalue weighted by Crippen LogP contribution is 2.23. The molecule has 26 heavy (non-hydrogen) atoms. The Kier molecular flexibility index (Phi) is 6.58. The van der Waals surface area contributed by atoms with Gasteiger partial charge in [0.1, 0.15) is 5.75 Å². The van der Waals surface area contributed by atoms with Gasteiger partial charge in [-0.2, -0.15) is 0 Å². The van der Waals surface area contributed by atoms with Crippen LogP contribution in [0.2, 0.25) is 0 Å². The van der Waals surface area contributed by atoms with Gasteiger partial charge in [0.05, 0.1) is 12.8 Å². The van der Waals surface area contributed by atoms with Crippen molar-refractivity contribution in [3.8, 4) is 5.75 Å². The minimum Gasteiger partial charge on any atom is -0.497 e. The number of piperidine rings is 1. The van der Waals surface area contributed by atoms with Gasteiger partial charge in [0, 0.05) is 38.1 Å². The van der Waals surface area contributed by atoms with Crippen molar-refractivity contribution in [3.05, 3.63) is 54.1 Å². The monoisotopic (exact) mass is 353 g/mol. The highest BCUT2D eigenvalue weighted by atomic mass is 16.5. The molecule has 2 aromatic rings. The number of benzene rings is 1. The number of methoxy groups -OCH3 is 1. The molecule has 1 saturated heterocycles. The highest BCUT2D eigenvalue weighted by molar-refractivity contribution is 5.76. The summed E-state index contributed by atoms with van der Waals surface area (Å²) >= 11 is 0. The third-order valence-electron chi connectivity index (χ3n) is 5.06. The molecule has 1 aliphatic heterocycles. The summed E-state index contributed by atoms with van der Waals surface area (Å²) in [7, 11) is 1.70. The van der Waals surface area contributed by atoms with E-state index < -0.39 is 0 Å². The largest absolute Gasteiger partial charge is 0.497 e. The number of nitrogens with zero attached hydrogens (tertiary/aromatic N) is 3. The maximum Gasteiger partial charge on any atom is 0.222 e. The Morgan fingerprint density at radius 2 is 2.23 bits per heavy atom. The van der Waals surface area contributed by atoms with Gasteiger partial charge in [-0.1, -0.05) is 12.1 Å². The Hall–Kier alpha value is -2.43. The Bertz CT molecular complexity index is 705. The Morgan fingerprint density at radius 1 is 1.31 bits per heavy atom. The molecule has 0 bridgehead atoms. The van der Waals surface area contributed by atoms with Crippen LogP contribution in [0.15, 0.2) is 42.9 Å². The number of carbonyl (C=O) groups is 1. The van der Waals surface area contributed by atoms with Crippen molar-refractivity contribution in [2.24, 2.45) is 5.92 Å². The quantitative estimate of drug-likeness (QED) is 0.766. The Labute approximate surface area is 155 Å². The van der Waals surface area contributed by atoms with Crippen LogP contribution in [0.25, 0.3) is 0 Å². The first-order valence-electron chi connectivity index (χ1n) is 9.40.